The number of hydrogen-bond donors (Lipinski definition) is 0. The normalized spacial score (nSPS) is 13.2. The lowest BCUT2D eigenvalue weighted by Crippen LogP contribution is -2.11. The molecule has 0 unspecified atom stereocenters. The van der Waals surface area contributed by atoms with Crippen LogP contribution in [0.4, 0.5) is 0 Å². The summed E-state index contributed by atoms with van der Waals surface area (Å²) in [6, 6.07) is 8.78. The van der Waals surface area contributed by atoms with E-state index in [9.17, 15) is 0 Å². The van der Waals surface area contributed by atoms with Crippen LogP contribution in [0.25, 0.3) is 10.8 Å². The Kier molecular flexibility index (Phi) is 12.7. The third-order valence-corrected chi connectivity index (χ3v) is 7.42. The number of benzene rings is 2. The van der Waals surface area contributed by atoms with Gasteiger partial charge in [-0.05, 0) is 38.5 Å². The van der Waals surface area contributed by atoms with E-state index in [-0.39, 0.29) is 0 Å². The van der Waals surface area contributed by atoms with Crippen molar-refractivity contribution in [2.75, 3.05) is 13.2 Å². The van der Waals surface area contributed by atoms with Crippen molar-refractivity contribution < 1.29 is 9.47 Å². The van der Waals surface area contributed by atoms with Crippen LogP contribution in [0.15, 0.2) is 24.3 Å². The largest absolute Gasteiger partial charge is 0.493 e. The van der Waals surface area contributed by atoms with E-state index in [1.165, 1.54) is 112 Å². The molecule has 2 nitrogen and oxygen atoms in total. The standard InChI is InChI=1S/C32H50O2/c1-3-5-7-9-11-13-19-25-33-31-27-21-15-17-23-29(27)32(30-24-18-16-22-28(30)31)34-26-20-14-12-10-8-6-4-2/h15,17,21,23H,3-14,16,18-20,22,24-26H2,1-2H3. The predicted octanol–water partition coefficient (Wildman–Crippen LogP) is 9.98. The fourth-order valence-corrected chi connectivity index (χ4v) is 5.41. The Hall–Kier alpha value is -1.70. The molecule has 0 aliphatic heterocycles. The van der Waals surface area contributed by atoms with Crippen LogP contribution in [0, 0.1) is 0 Å². The first-order chi connectivity index (χ1) is 16.9. The van der Waals surface area contributed by atoms with E-state index >= 15 is 0 Å². The predicted molar refractivity (Wildman–Crippen MR) is 148 cm³/mol. The van der Waals surface area contributed by atoms with Crippen molar-refractivity contribution in [1.29, 1.82) is 0 Å². The lowest BCUT2D eigenvalue weighted by Gasteiger charge is -2.25. The molecule has 1 aliphatic rings. The highest BCUT2D eigenvalue weighted by molar-refractivity contribution is 5.96. The van der Waals surface area contributed by atoms with Gasteiger partial charge in [0.05, 0.1) is 13.2 Å². The van der Waals surface area contributed by atoms with E-state index in [0.29, 0.717) is 0 Å². The van der Waals surface area contributed by atoms with Gasteiger partial charge in [0.2, 0.25) is 0 Å². The number of hydrogen-bond acceptors (Lipinski definition) is 2. The molecular formula is C32H50O2. The van der Waals surface area contributed by atoms with Crippen LogP contribution in [-0.2, 0) is 12.8 Å². The van der Waals surface area contributed by atoms with Gasteiger partial charge in [0.15, 0.2) is 0 Å². The van der Waals surface area contributed by atoms with Crippen molar-refractivity contribution in [3.05, 3.63) is 35.4 Å². The van der Waals surface area contributed by atoms with Gasteiger partial charge in [-0.3, -0.25) is 0 Å². The van der Waals surface area contributed by atoms with E-state index in [0.717, 1.165) is 50.4 Å². The Morgan fingerprint density at radius 2 is 0.912 bits per heavy atom. The molecule has 0 spiro atoms. The minimum Gasteiger partial charge on any atom is -0.493 e. The second kappa shape index (κ2) is 16.1. The van der Waals surface area contributed by atoms with Gasteiger partial charge < -0.3 is 9.47 Å². The molecule has 1 aliphatic carbocycles. The summed E-state index contributed by atoms with van der Waals surface area (Å²) in [5, 5.41) is 2.50. The zero-order valence-electron chi connectivity index (χ0n) is 22.3. The summed E-state index contributed by atoms with van der Waals surface area (Å²) in [5.41, 5.74) is 2.87. The summed E-state index contributed by atoms with van der Waals surface area (Å²) in [6.45, 7) is 6.24. The first kappa shape index (κ1) is 26.9. The maximum Gasteiger partial charge on any atom is 0.130 e. The number of fused-ring (bicyclic) bond motifs is 2. The van der Waals surface area contributed by atoms with E-state index < -0.39 is 0 Å². The second-order valence-corrected chi connectivity index (χ2v) is 10.3. The average molecular weight is 467 g/mol. The van der Waals surface area contributed by atoms with Gasteiger partial charge in [-0.15, -0.1) is 0 Å². The Morgan fingerprint density at radius 1 is 0.529 bits per heavy atom. The van der Waals surface area contributed by atoms with Gasteiger partial charge in [0.25, 0.3) is 0 Å². The topological polar surface area (TPSA) is 18.5 Å². The summed E-state index contributed by atoms with van der Waals surface area (Å²) in [4.78, 5) is 0. The molecule has 0 bridgehead atoms. The van der Waals surface area contributed by atoms with Gasteiger partial charge in [-0.2, -0.15) is 0 Å². The molecule has 2 heteroatoms. The molecule has 190 valence electrons. The number of ether oxygens (including phenoxy) is 2. The summed E-state index contributed by atoms with van der Waals surface area (Å²) in [5.74, 6) is 2.30. The molecular weight excluding hydrogens is 416 g/mol. The highest BCUT2D eigenvalue weighted by atomic mass is 16.5. The van der Waals surface area contributed by atoms with Crippen LogP contribution in [0.5, 0.6) is 11.5 Å². The molecule has 2 aromatic rings. The summed E-state index contributed by atoms with van der Waals surface area (Å²) < 4.78 is 13.1. The third kappa shape index (κ3) is 8.21. The smallest absolute Gasteiger partial charge is 0.130 e. The third-order valence-electron chi connectivity index (χ3n) is 7.42. The van der Waals surface area contributed by atoms with E-state index in [2.05, 4.69) is 38.1 Å². The molecule has 0 saturated heterocycles. The molecule has 3 rings (SSSR count). The zero-order chi connectivity index (χ0) is 23.8. The molecule has 0 fully saturated rings. The molecule has 0 aromatic heterocycles. The first-order valence-corrected chi connectivity index (χ1v) is 14.7. The Morgan fingerprint density at radius 3 is 1.32 bits per heavy atom. The van der Waals surface area contributed by atoms with Crippen LogP contribution in [0.2, 0.25) is 0 Å². The fraction of sp³-hybridized carbons (Fsp3) is 0.688. The average Bonchev–Trinajstić information content (AvgIpc) is 2.87. The Bertz CT molecular complexity index is 757. The quantitative estimate of drug-likeness (QED) is 0.203. The SMILES string of the molecule is CCCCCCCCCOc1c2c(c(OCCCCCCCCC)c3ccccc13)CCCC2. The molecule has 0 saturated carbocycles. The van der Waals surface area contributed by atoms with Gasteiger partial charge in [0, 0.05) is 21.9 Å². The van der Waals surface area contributed by atoms with E-state index in [1.807, 2.05) is 0 Å². The Labute approximate surface area is 209 Å². The van der Waals surface area contributed by atoms with Crippen molar-refractivity contribution in [1.82, 2.24) is 0 Å². The summed E-state index contributed by atoms with van der Waals surface area (Å²) in [6.07, 6.45) is 23.2. The van der Waals surface area contributed by atoms with Crippen molar-refractivity contribution >= 4 is 10.8 Å². The maximum absolute atomic E-state index is 6.53. The van der Waals surface area contributed by atoms with E-state index in [4.69, 9.17) is 9.47 Å². The molecule has 0 heterocycles. The first-order valence-electron chi connectivity index (χ1n) is 14.7. The second-order valence-electron chi connectivity index (χ2n) is 10.3. The lowest BCUT2D eigenvalue weighted by molar-refractivity contribution is 0.294. The van der Waals surface area contributed by atoms with Crippen molar-refractivity contribution in [2.45, 2.75) is 129 Å². The monoisotopic (exact) mass is 466 g/mol. The minimum atomic E-state index is 0.836. The van der Waals surface area contributed by atoms with Crippen LogP contribution >= 0.6 is 0 Å². The van der Waals surface area contributed by atoms with Crippen LogP contribution in [0.3, 0.4) is 0 Å². The molecule has 0 amide bonds. The number of unbranched alkanes of at least 4 members (excludes halogenated alkanes) is 12. The molecule has 0 N–H and O–H groups in total. The van der Waals surface area contributed by atoms with Gasteiger partial charge >= 0.3 is 0 Å². The summed E-state index contributed by atoms with van der Waals surface area (Å²) in [7, 11) is 0. The van der Waals surface area contributed by atoms with Gasteiger partial charge in [-0.1, -0.05) is 115 Å². The van der Waals surface area contributed by atoms with Crippen LogP contribution in [0.1, 0.15) is 128 Å². The van der Waals surface area contributed by atoms with Crippen LogP contribution < -0.4 is 9.47 Å². The molecule has 0 radical (unpaired) electrons. The van der Waals surface area contributed by atoms with Crippen LogP contribution in [-0.4, -0.2) is 13.2 Å². The molecule has 34 heavy (non-hydrogen) atoms. The zero-order valence-corrected chi connectivity index (χ0v) is 22.3. The van der Waals surface area contributed by atoms with Crippen molar-refractivity contribution in [2.24, 2.45) is 0 Å². The van der Waals surface area contributed by atoms with Crippen molar-refractivity contribution in [3.63, 3.8) is 0 Å². The highest BCUT2D eigenvalue weighted by Gasteiger charge is 2.23. The molecule has 0 atom stereocenters. The minimum absolute atomic E-state index is 0.836. The van der Waals surface area contributed by atoms with E-state index in [1.54, 1.807) is 0 Å². The van der Waals surface area contributed by atoms with Crippen molar-refractivity contribution in [3.8, 4) is 11.5 Å². The van der Waals surface area contributed by atoms with Gasteiger partial charge in [-0.25, -0.2) is 0 Å². The maximum atomic E-state index is 6.53. The number of rotatable bonds is 18. The fourth-order valence-electron chi connectivity index (χ4n) is 5.41. The molecule has 2 aromatic carbocycles. The van der Waals surface area contributed by atoms with Gasteiger partial charge in [0.1, 0.15) is 11.5 Å². The summed E-state index contributed by atoms with van der Waals surface area (Å²) >= 11 is 0. The Balaban J connectivity index is 1.61. The highest BCUT2D eigenvalue weighted by Crippen LogP contribution is 2.44. The lowest BCUT2D eigenvalue weighted by atomic mass is 9.87.